The number of carbonyl (C=O) groups is 1. The molecule has 0 bridgehead atoms. The minimum absolute atomic E-state index is 0.122. The van der Waals surface area contributed by atoms with Crippen LogP contribution in [0.2, 0.25) is 0 Å². The molecule has 5 nitrogen and oxygen atoms in total. The third-order valence-electron chi connectivity index (χ3n) is 3.28. The Morgan fingerprint density at radius 3 is 3.00 bits per heavy atom. The molecule has 0 aromatic carbocycles. The molecule has 2 atom stereocenters. The number of rotatable bonds is 3. The lowest BCUT2D eigenvalue weighted by Gasteiger charge is -2.27. The molecule has 5 heteroatoms. The number of aliphatic carboxylic acids is 1. The molecule has 1 aromatic rings. The van der Waals surface area contributed by atoms with Crippen LogP contribution in [0.5, 0.6) is 0 Å². The van der Waals surface area contributed by atoms with E-state index in [0.29, 0.717) is 0 Å². The van der Waals surface area contributed by atoms with Crippen LogP contribution in [-0.2, 0) is 11.8 Å². The van der Waals surface area contributed by atoms with Crippen LogP contribution >= 0.6 is 0 Å². The van der Waals surface area contributed by atoms with E-state index in [9.17, 15) is 4.79 Å². The molecule has 2 rings (SSSR count). The fourth-order valence-electron chi connectivity index (χ4n) is 2.37. The summed E-state index contributed by atoms with van der Waals surface area (Å²) >= 11 is 0. The largest absolute Gasteiger partial charge is 0.480 e. The summed E-state index contributed by atoms with van der Waals surface area (Å²) in [4.78, 5) is 13.1. The Kier molecular flexibility index (Phi) is 2.96. The van der Waals surface area contributed by atoms with Gasteiger partial charge in [0.1, 0.15) is 6.04 Å². The van der Waals surface area contributed by atoms with Crippen LogP contribution in [-0.4, -0.2) is 38.3 Å². The molecule has 1 aromatic heterocycles. The lowest BCUT2D eigenvalue weighted by Crippen LogP contribution is -2.37. The number of hydrogen-bond acceptors (Lipinski definition) is 3. The van der Waals surface area contributed by atoms with E-state index in [1.165, 1.54) is 0 Å². The number of nitrogens with zero attached hydrogens (tertiary/aromatic N) is 3. The Hall–Kier alpha value is -1.36. The van der Waals surface area contributed by atoms with Crippen molar-refractivity contribution < 1.29 is 9.90 Å². The van der Waals surface area contributed by atoms with Gasteiger partial charge >= 0.3 is 5.97 Å². The van der Waals surface area contributed by atoms with Gasteiger partial charge in [0, 0.05) is 24.8 Å². The molecule has 2 unspecified atom stereocenters. The third-order valence-corrected chi connectivity index (χ3v) is 3.28. The van der Waals surface area contributed by atoms with Crippen LogP contribution in [0.25, 0.3) is 0 Å². The highest BCUT2D eigenvalue weighted by Crippen LogP contribution is 2.28. The maximum atomic E-state index is 11.1. The number of likely N-dealkylation sites (tertiary alicyclic amines) is 1. The summed E-state index contributed by atoms with van der Waals surface area (Å²) in [6.45, 7) is 2.89. The van der Waals surface area contributed by atoms with Crippen molar-refractivity contribution >= 4 is 5.97 Å². The summed E-state index contributed by atoms with van der Waals surface area (Å²) in [6.07, 6.45) is 5.46. The lowest BCUT2D eigenvalue weighted by molar-refractivity contribution is -0.142. The normalized spacial score (nSPS) is 23.5. The zero-order valence-corrected chi connectivity index (χ0v) is 9.63. The quantitative estimate of drug-likeness (QED) is 0.831. The van der Waals surface area contributed by atoms with Crippen molar-refractivity contribution in [2.75, 3.05) is 6.54 Å². The fraction of sp³-hybridized carbons (Fsp3) is 0.636. The lowest BCUT2D eigenvalue weighted by atomic mass is 10.1. The van der Waals surface area contributed by atoms with Gasteiger partial charge in [-0.25, -0.2) is 0 Å². The van der Waals surface area contributed by atoms with Crippen molar-refractivity contribution in [3.63, 3.8) is 0 Å². The molecule has 1 fully saturated rings. The smallest absolute Gasteiger partial charge is 0.320 e. The van der Waals surface area contributed by atoms with Crippen LogP contribution in [0.3, 0.4) is 0 Å². The second kappa shape index (κ2) is 4.25. The molecule has 1 aliphatic heterocycles. The highest BCUT2D eigenvalue weighted by atomic mass is 16.4. The second-order valence-electron chi connectivity index (χ2n) is 4.36. The first-order valence-corrected chi connectivity index (χ1v) is 5.56. The first-order chi connectivity index (χ1) is 7.59. The van der Waals surface area contributed by atoms with E-state index in [-0.39, 0.29) is 12.1 Å². The molecule has 2 heterocycles. The van der Waals surface area contributed by atoms with Crippen molar-refractivity contribution in [1.29, 1.82) is 0 Å². The molecular weight excluding hydrogens is 206 g/mol. The molecule has 0 radical (unpaired) electrons. The second-order valence-corrected chi connectivity index (χ2v) is 4.36. The summed E-state index contributed by atoms with van der Waals surface area (Å²) in [5, 5.41) is 13.2. The van der Waals surface area contributed by atoms with Crippen LogP contribution in [0.15, 0.2) is 12.4 Å². The van der Waals surface area contributed by atoms with Gasteiger partial charge in [-0.05, 0) is 26.3 Å². The van der Waals surface area contributed by atoms with Gasteiger partial charge in [0.15, 0.2) is 0 Å². The van der Waals surface area contributed by atoms with Crippen LogP contribution in [0, 0.1) is 0 Å². The molecule has 0 aliphatic carbocycles. The fourth-order valence-corrected chi connectivity index (χ4v) is 2.37. The summed E-state index contributed by atoms with van der Waals surface area (Å²) in [7, 11) is 1.87. The van der Waals surface area contributed by atoms with E-state index in [2.05, 4.69) is 5.10 Å². The molecule has 88 valence electrons. The highest BCUT2D eigenvalue weighted by Gasteiger charge is 2.34. The van der Waals surface area contributed by atoms with Crippen molar-refractivity contribution in [1.82, 2.24) is 14.7 Å². The highest BCUT2D eigenvalue weighted by molar-refractivity contribution is 5.73. The predicted octanol–water partition coefficient (Wildman–Crippen LogP) is 1.03. The first-order valence-electron chi connectivity index (χ1n) is 5.56. The minimum atomic E-state index is -0.715. The molecular formula is C11H17N3O2. The molecule has 1 saturated heterocycles. The molecule has 0 spiro atoms. The van der Waals surface area contributed by atoms with Crippen molar-refractivity contribution in [3.05, 3.63) is 18.0 Å². The Balaban J connectivity index is 2.15. The summed E-state index contributed by atoms with van der Waals surface area (Å²) in [6, 6.07) is -0.215. The average Bonchev–Trinajstić information content (AvgIpc) is 2.84. The van der Waals surface area contributed by atoms with E-state index in [4.69, 9.17) is 5.11 Å². The molecule has 0 saturated carbocycles. The van der Waals surface area contributed by atoms with Gasteiger partial charge < -0.3 is 5.11 Å². The van der Waals surface area contributed by atoms with Crippen LogP contribution < -0.4 is 0 Å². The van der Waals surface area contributed by atoms with Crippen LogP contribution in [0.4, 0.5) is 0 Å². The number of aryl methyl sites for hydroxylation is 1. The van der Waals surface area contributed by atoms with Gasteiger partial charge in [-0.2, -0.15) is 5.10 Å². The van der Waals surface area contributed by atoms with Gasteiger partial charge in [-0.3, -0.25) is 14.4 Å². The Morgan fingerprint density at radius 2 is 2.44 bits per heavy atom. The first kappa shape index (κ1) is 11.1. The molecule has 1 aliphatic rings. The Morgan fingerprint density at radius 1 is 1.69 bits per heavy atom. The zero-order chi connectivity index (χ0) is 11.7. The predicted molar refractivity (Wildman–Crippen MR) is 59.0 cm³/mol. The minimum Gasteiger partial charge on any atom is -0.480 e. The Labute approximate surface area is 94.7 Å². The summed E-state index contributed by atoms with van der Waals surface area (Å²) in [5.74, 6) is -0.715. The number of carboxylic acids is 1. The van der Waals surface area contributed by atoms with Gasteiger partial charge in [0.05, 0.1) is 6.20 Å². The monoisotopic (exact) mass is 223 g/mol. The van der Waals surface area contributed by atoms with E-state index < -0.39 is 5.97 Å². The Bertz CT molecular complexity index is 388. The zero-order valence-electron chi connectivity index (χ0n) is 9.63. The van der Waals surface area contributed by atoms with Gasteiger partial charge in [-0.15, -0.1) is 0 Å². The summed E-state index contributed by atoms with van der Waals surface area (Å²) < 4.78 is 1.75. The molecule has 1 N–H and O–H groups in total. The topological polar surface area (TPSA) is 58.4 Å². The van der Waals surface area contributed by atoms with Gasteiger partial charge in [0.25, 0.3) is 0 Å². The van der Waals surface area contributed by atoms with Crippen LogP contribution in [0.1, 0.15) is 31.4 Å². The van der Waals surface area contributed by atoms with E-state index in [1.807, 2.05) is 31.3 Å². The van der Waals surface area contributed by atoms with Gasteiger partial charge in [-0.1, -0.05) is 0 Å². The molecule has 16 heavy (non-hydrogen) atoms. The number of hydrogen-bond donors (Lipinski definition) is 1. The van der Waals surface area contributed by atoms with Gasteiger partial charge in [0.2, 0.25) is 0 Å². The number of aromatic nitrogens is 2. The third kappa shape index (κ3) is 1.95. The SMILES string of the molecule is CC(c1cnn(C)c1)N1CCCC1C(=O)O. The van der Waals surface area contributed by atoms with Crippen molar-refractivity contribution in [3.8, 4) is 0 Å². The van der Waals surface area contributed by atoms with E-state index in [0.717, 1.165) is 24.9 Å². The molecule has 0 amide bonds. The maximum Gasteiger partial charge on any atom is 0.320 e. The average molecular weight is 223 g/mol. The number of carboxylic acid groups (broad SMARTS) is 1. The van der Waals surface area contributed by atoms with Crippen molar-refractivity contribution in [2.45, 2.75) is 31.8 Å². The summed E-state index contributed by atoms with van der Waals surface area (Å²) in [5.41, 5.74) is 1.08. The van der Waals surface area contributed by atoms with Crippen molar-refractivity contribution in [2.24, 2.45) is 7.05 Å². The standard InChI is InChI=1S/C11H17N3O2/c1-8(9-6-12-13(2)7-9)14-5-3-4-10(14)11(15)16/h6-8,10H,3-5H2,1-2H3,(H,15,16). The van der Waals surface area contributed by atoms with E-state index in [1.54, 1.807) is 4.68 Å². The van der Waals surface area contributed by atoms with E-state index >= 15 is 0 Å². The maximum absolute atomic E-state index is 11.1.